The molecule has 0 spiro atoms. The van der Waals surface area contributed by atoms with E-state index in [0.717, 1.165) is 41.9 Å². The van der Waals surface area contributed by atoms with Crippen LogP contribution in [0.15, 0.2) is 22.7 Å². The smallest absolute Gasteiger partial charge is 0.167 e. The largest absolute Gasteiger partial charge is 0.491 e. The maximum Gasteiger partial charge on any atom is 0.167 e. The maximum absolute atomic E-state index is 5.77. The number of aryl methyl sites for hydroxylation is 1. The predicted octanol–water partition coefficient (Wildman–Crippen LogP) is 3.17. The van der Waals surface area contributed by atoms with Crippen LogP contribution < -0.4 is 4.74 Å². The van der Waals surface area contributed by atoms with Gasteiger partial charge in [0.2, 0.25) is 0 Å². The second-order valence-electron chi connectivity index (χ2n) is 4.67. The van der Waals surface area contributed by atoms with Crippen LogP contribution in [0, 0.1) is 0 Å². The Morgan fingerprint density at radius 1 is 1.42 bits per heavy atom. The molecule has 1 atom stereocenters. The van der Waals surface area contributed by atoms with E-state index in [9.17, 15) is 0 Å². The normalized spacial score (nSPS) is 19.1. The van der Waals surface area contributed by atoms with Gasteiger partial charge in [-0.15, -0.1) is 11.6 Å². The van der Waals surface area contributed by atoms with E-state index in [2.05, 4.69) is 5.16 Å². The Hall–Kier alpha value is -1.26. The average Bonchev–Trinajstić information content (AvgIpc) is 3.07. The van der Waals surface area contributed by atoms with E-state index in [1.807, 2.05) is 18.2 Å². The molecule has 19 heavy (non-hydrogen) atoms. The fraction of sp³-hybridized carbons (Fsp3) is 0.500. The number of nitrogens with zero attached hydrogens (tertiary/aromatic N) is 1. The molecule has 0 N–H and O–H groups in total. The van der Waals surface area contributed by atoms with E-state index < -0.39 is 0 Å². The molecule has 5 heteroatoms. The fourth-order valence-electron chi connectivity index (χ4n) is 2.29. The van der Waals surface area contributed by atoms with Crippen LogP contribution in [-0.2, 0) is 11.2 Å². The highest BCUT2D eigenvalue weighted by Crippen LogP contribution is 2.25. The number of benzene rings is 1. The minimum atomic E-state index is 0.223. The molecule has 2 aromatic rings. The van der Waals surface area contributed by atoms with Crippen LogP contribution in [0.4, 0.5) is 0 Å². The fourth-order valence-corrected chi connectivity index (χ4v) is 2.47. The van der Waals surface area contributed by atoms with Crippen molar-refractivity contribution in [1.29, 1.82) is 0 Å². The standard InChI is InChI=1S/C14H16ClNO3/c15-6-5-13-12-8-10(3-4-14(12)19-16-13)18-9-11-2-1-7-17-11/h3-4,8,11H,1-2,5-7,9H2. The van der Waals surface area contributed by atoms with E-state index in [0.29, 0.717) is 18.9 Å². The van der Waals surface area contributed by atoms with Gasteiger partial charge in [0.05, 0.1) is 11.8 Å². The quantitative estimate of drug-likeness (QED) is 0.790. The third-order valence-corrected chi connectivity index (χ3v) is 3.50. The van der Waals surface area contributed by atoms with Gasteiger partial charge in [0.15, 0.2) is 5.58 Å². The van der Waals surface area contributed by atoms with E-state index in [-0.39, 0.29) is 6.10 Å². The predicted molar refractivity (Wildman–Crippen MR) is 72.9 cm³/mol. The molecule has 2 heterocycles. The molecular formula is C14H16ClNO3. The van der Waals surface area contributed by atoms with Crippen molar-refractivity contribution >= 4 is 22.6 Å². The summed E-state index contributed by atoms with van der Waals surface area (Å²) in [6.07, 6.45) is 3.12. The first-order valence-electron chi connectivity index (χ1n) is 6.55. The second kappa shape index (κ2) is 5.80. The van der Waals surface area contributed by atoms with Crippen molar-refractivity contribution in [3.63, 3.8) is 0 Å². The number of ether oxygens (including phenoxy) is 2. The van der Waals surface area contributed by atoms with Crippen molar-refractivity contribution in [1.82, 2.24) is 5.16 Å². The molecule has 0 saturated carbocycles. The van der Waals surface area contributed by atoms with Gasteiger partial charge in [0, 0.05) is 24.3 Å². The van der Waals surface area contributed by atoms with Crippen molar-refractivity contribution in [2.75, 3.05) is 19.1 Å². The molecule has 1 aromatic carbocycles. The summed E-state index contributed by atoms with van der Waals surface area (Å²) < 4.78 is 16.6. The molecule has 0 amide bonds. The lowest BCUT2D eigenvalue weighted by Gasteiger charge is -2.11. The molecule has 1 aromatic heterocycles. The van der Waals surface area contributed by atoms with Gasteiger partial charge in [0.1, 0.15) is 12.4 Å². The number of alkyl halides is 1. The number of aromatic nitrogens is 1. The van der Waals surface area contributed by atoms with Gasteiger partial charge in [-0.2, -0.15) is 0 Å². The number of rotatable bonds is 5. The van der Waals surface area contributed by atoms with Crippen molar-refractivity contribution in [2.45, 2.75) is 25.4 Å². The molecule has 1 saturated heterocycles. The molecule has 1 aliphatic rings. The number of hydrogen-bond acceptors (Lipinski definition) is 4. The third-order valence-electron chi connectivity index (χ3n) is 3.31. The maximum atomic E-state index is 5.77. The number of fused-ring (bicyclic) bond motifs is 1. The van der Waals surface area contributed by atoms with Crippen LogP contribution in [0.25, 0.3) is 11.0 Å². The van der Waals surface area contributed by atoms with Crippen molar-refractivity contribution in [3.8, 4) is 5.75 Å². The molecule has 102 valence electrons. The molecule has 0 radical (unpaired) electrons. The highest BCUT2D eigenvalue weighted by molar-refractivity contribution is 6.18. The Kier molecular flexibility index (Phi) is 3.89. The Balaban J connectivity index is 1.73. The van der Waals surface area contributed by atoms with Crippen LogP contribution in [0.2, 0.25) is 0 Å². The van der Waals surface area contributed by atoms with Gasteiger partial charge in [0.25, 0.3) is 0 Å². The summed E-state index contributed by atoms with van der Waals surface area (Å²) in [6, 6.07) is 5.74. The summed E-state index contributed by atoms with van der Waals surface area (Å²) in [6.45, 7) is 1.44. The van der Waals surface area contributed by atoms with E-state index in [4.69, 9.17) is 25.6 Å². The van der Waals surface area contributed by atoms with Crippen molar-refractivity contribution in [2.24, 2.45) is 0 Å². The Labute approximate surface area is 116 Å². The molecular weight excluding hydrogens is 266 g/mol. The zero-order valence-electron chi connectivity index (χ0n) is 10.6. The first-order valence-corrected chi connectivity index (χ1v) is 7.09. The lowest BCUT2D eigenvalue weighted by Crippen LogP contribution is -2.16. The van der Waals surface area contributed by atoms with Crippen LogP contribution in [0.1, 0.15) is 18.5 Å². The Morgan fingerprint density at radius 3 is 3.16 bits per heavy atom. The average molecular weight is 282 g/mol. The first-order chi connectivity index (χ1) is 9.36. The summed E-state index contributed by atoms with van der Waals surface area (Å²) >= 11 is 5.75. The van der Waals surface area contributed by atoms with E-state index in [1.54, 1.807) is 0 Å². The minimum absolute atomic E-state index is 0.223. The Morgan fingerprint density at radius 2 is 2.37 bits per heavy atom. The zero-order valence-corrected chi connectivity index (χ0v) is 11.4. The highest BCUT2D eigenvalue weighted by Gasteiger charge is 2.16. The summed E-state index contributed by atoms with van der Waals surface area (Å²) in [7, 11) is 0. The zero-order chi connectivity index (χ0) is 13.1. The van der Waals surface area contributed by atoms with Crippen LogP contribution in [0.3, 0.4) is 0 Å². The lowest BCUT2D eigenvalue weighted by atomic mass is 10.2. The van der Waals surface area contributed by atoms with Gasteiger partial charge >= 0.3 is 0 Å². The van der Waals surface area contributed by atoms with Gasteiger partial charge in [-0.1, -0.05) is 5.16 Å². The molecule has 0 bridgehead atoms. The van der Waals surface area contributed by atoms with E-state index in [1.165, 1.54) is 0 Å². The molecule has 1 aliphatic heterocycles. The van der Waals surface area contributed by atoms with Crippen LogP contribution in [0.5, 0.6) is 5.75 Å². The number of halogens is 1. The van der Waals surface area contributed by atoms with Gasteiger partial charge in [-0.05, 0) is 31.0 Å². The molecule has 1 fully saturated rings. The monoisotopic (exact) mass is 281 g/mol. The summed E-state index contributed by atoms with van der Waals surface area (Å²) in [4.78, 5) is 0. The second-order valence-corrected chi connectivity index (χ2v) is 5.05. The summed E-state index contributed by atoms with van der Waals surface area (Å²) in [5.74, 6) is 1.35. The van der Waals surface area contributed by atoms with Gasteiger partial charge < -0.3 is 14.0 Å². The van der Waals surface area contributed by atoms with Crippen LogP contribution in [-0.4, -0.2) is 30.4 Å². The van der Waals surface area contributed by atoms with Gasteiger partial charge in [-0.3, -0.25) is 0 Å². The van der Waals surface area contributed by atoms with Crippen molar-refractivity contribution < 1.29 is 14.0 Å². The highest BCUT2D eigenvalue weighted by atomic mass is 35.5. The van der Waals surface area contributed by atoms with Crippen molar-refractivity contribution in [3.05, 3.63) is 23.9 Å². The third kappa shape index (κ3) is 2.85. The molecule has 4 nitrogen and oxygen atoms in total. The van der Waals surface area contributed by atoms with Gasteiger partial charge in [-0.25, -0.2) is 0 Å². The molecule has 1 unspecified atom stereocenters. The van der Waals surface area contributed by atoms with Crippen LogP contribution >= 0.6 is 11.6 Å². The van der Waals surface area contributed by atoms with E-state index >= 15 is 0 Å². The minimum Gasteiger partial charge on any atom is -0.491 e. The number of hydrogen-bond donors (Lipinski definition) is 0. The Bertz CT molecular complexity index is 549. The summed E-state index contributed by atoms with van der Waals surface area (Å²) in [5, 5.41) is 5.00. The lowest BCUT2D eigenvalue weighted by molar-refractivity contribution is 0.0680. The molecule has 0 aliphatic carbocycles. The molecule has 3 rings (SSSR count). The topological polar surface area (TPSA) is 44.5 Å². The SMILES string of the molecule is ClCCc1noc2ccc(OCC3CCCO3)cc12. The summed E-state index contributed by atoms with van der Waals surface area (Å²) in [5.41, 5.74) is 1.65. The first kappa shape index (κ1) is 12.8.